The highest BCUT2D eigenvalue weighted by Crippen LogP contribution is 2.17. The molecule has 2 unspecified atom stereocenters. The summed E-state index contributed by atoms with van der Waals surface area (Å²) >= 11 is 1.35. The maximum Gasteiger partial charge on any atom is 0.250 e. The first-order chi connectivity index (χ1) is 8.91. The van der Waals surface area contributed by atoms with E-state index in [1.165, 1.54) is 11.8 Å². The van der Waals surface area contributed by atoms with Gasteiger partial charge >= 0.3 is 0 Å². The quantitative estimate of drug-likeness (QED) is 0.731. The van der Waals surface area contributed by atoms with Crippen LogP contribution in [0, 0.1) is 0 Å². The molecule has 1 aromatic carbocycles. The van der Waals surface area contributed by atoms with Gasteiger partial charge in [-0.1, -0.05) is 19.1 Å². The summed E-state index contributed by atoms with van der Waals surface area (Å²) in [6, 6.07) is 6.58. The van der Waals surface area contributed by atoms with Crippen molar-refractivity contribution in [3.05, 3.63) is 29.8 Å². The van der Waals surface area contributed by atoms with Crippen molar-refractivity contribution in [2.75, 3.05) is 11.1 Å². The first-order valence-corrected chi connectivity index (χ1v) is 6.95. The standard InChI is InChI=1S/C13H18N2O3S/c1-8(16)9(2)19-7-12(17)15-11-6-4-3-5-10(11)13(14)18/h3-6,8-9,16H,7H2,1-2H3,(H2,14,18)(H,15,17). The molecule has 19 heavy (non-hydrogen) atoms. The summed E-state index contributed by atoms with van der Waals surface area (Å²) < 4.78 is 0. The van der Waals surface area contributed by atoms with E-state index >= 15 is 0 Å². The lowest BCUT2D eigenvalue weighted by Crippen LogP contribution is -2.22. The zero-order valence-electron chi connectivity index (χ0n) is 10.9. The second-order valence-corrected chi connectivity index (χ2v) is 5.58. The highest BCUT2D eigenvalue weighted by Gasteiger charge is 2.13. The lowest BCUT2D eigenvalue weighted by Gasteiger charge is -2.14. The Morgan fingerprint density at radius 1 is 1.37 bits per heavy atom. The minimum atomic E-state index is -0.582. The van der Waals surface area contributed by atoms with Crippen LogP contribution in [0.15, 0.2) is 24.3 Å². The van der Waals surface area contributed by atoms with Crippen LogP contribution in [0.3, 0.4) is 0 Å². The fourth-order valence-corrected chi connectivity index (χ4v) is 2.10. The molecule has 0 spiro atoms. The Labute approximate surface area is 116 Å². The number of anilines is 1. The molecule has 0 saturated carbocycles. The summed E-state index contributed by atoms with van der Waals surface area (Å²) in [4.78, 5) is 22.9. The molecule has 2 atom stereocenters. The maximum absolute atomic E-state index is 11.7. The van der Waals surface area contributed by atoms with Gasteiger partial charge in [0.1, 0.15) is 0 Å². The fourth-order valence-electron chi connectivity index (χ4n) is 1.34. The lowest BCUT2D eigenvalue weighted by molar-refractivity contribution is -0.113. The van der Waals surface area contributed by atoms with E-state index in [-0.39, 0.29) is 22.5 Å². The highest BCUT2D eigenvalue weighted by atomic mass is 32.2. The second-order valence-electron chi connectivity index (χ2n) is 4.21. The van der Waals surface area contributed by atoms with Crippen molar-refractivity contribution >= 4 is 29.3 Å². The molecule has 0 aliphatic heterocycles. The molecule has 0 fully saturated rings. The third-order valence-electron chi connectivity index (χ3n) is 2.62. The largest absolute Gasteiger partial charge is 0.392 e. The Morgan fingerprint density at radius 3 is 2.58 bits per heavy atom. The van der Waals surface area contributed by atoms with Gasteiger partial charge in [0.2, 0.25) is 5.91 Å². The number of amides is 2. The van der Waals surface area contributed by atoms with Crippen LogP contribution in [0.5, 0.6) is 0 Å². The van der Waals surface area contributed by atoms with E-state index < -0.39 is 12.0 Å². The van der Waals surface area contributed by atoms with E-state index in [1.807, 2.05) is 6.92 Å². The summed E-state index contributed by atoms with van der Waals surface area (Å²) in [6.45, 7) is 3.53. The van der Waals surface area contributed by atoms with Crippen LogP contribution in [-0.2, 0) is 4.79 Å². The predicted octanol–water partition coefficient (Wildman–Crippen LogP) is 1.23. The van der Waals surface area contributed by atoms with E-state index in [1.54, 1.807) is 31.2 Å². The summed E-state index contributed by atoms with van der Waals surface area (Å²) in [5.41, 5.74) is 5.91. The molecular formula is C13H18N2O3S. The first-order valence-electron chi connectivity index (χ1n) is 5.90. The van der Waals surface area contributed by atoms with Gasteiger partial charge in [0, 0.05) is 5.25 Å². The van der Waals surface area contributed by atoms with E-state index in [0.717, 1.165) is 0 Å². The number of hydrogen-bond donors (Lipinski definition) is 3. The molecule has 1 aromatic rings. The number of para-hydroxylation sites is 1. The maximum atomic E-state index is 11.7. The van der Waals surface area contributed by atoms with Crippen LogP contribution < -0.4 is 11.1 Å². The Bertz CT molecular complexity index is 463. The lowest BCUT2D eigenvalue weighted by atomic mass is 10.1. The number of hydrogen-bond acceptors (Lipinski definition) is 4. The van der Waals surface area contributed by atoms with Crippen LogP contribution in [0.4, 0.5) is 5.69 Å². The van der Waals surface area contributed by atoms with Crippen LogP contribution in [0.25, 0.3) is 0 Å². The van der Waals surface area contributed by atoms with E-state index in [4.69, 9.17) is 5.73 Å². The van der Waals surface area contributed by atoms with Crippen molar-refractivity contribution in [3.8, 4) is 0 Å². The molecule has 0 bridgehead atoms. The predicted molar refractivity (Wildman–Crippen MR) is 77.2 cm³/mol. The number of nitrogens with one attached hydrogen (secondary N) is 1. The molecule has 104 valence electrons. The van der Waals surface area contributed by atoms with E-state index in [2.05, 4.69) is 5.32 Å². The molecule has 5 nitrogen and oxygen atoms in total. The number of carbonyl (C=O) groups is 2. The second kappa shape index (κ2) is 7.16. The van der Waals surface area contributed by atoms with Gasteiger partial charge in [-0.25, -0.2) is 0 Å². The topological polar surface area (TPSA) is 92.4 Å². The van der Waals surface area contributed by atoms with Gasteiger partial charge in [-0.2, -0.15) is 0 Å². The number of rotatable bonds is 6. The average Bonchev–Trinajstić information content (AvgIpc) is 2.36. The summed E-state index contributed by atoms with van der Waals surface area (Å²) in [6.07, 6.45) is -0.476. The Morgan fingerprint density at radius 2 is 2.00 bits per heavy atom. The van der Waals surface area contributed by atoms with Gasteiger partial charge in [-0.3, -0.25) is 9.59 Å². The Hall–Kier alpha value is -1.53. The Balaban J connectivity index is 2.60. The summed E-state index contributed by atoms with van der Waals surface area (Å²) in [7, 11) is 0. The van der Waals surface area contributed by atoms with Gasteiger partial charge in [0.05, 0.1) is 23.1 Å². The van der Waals surface area contributed by atoms with Gasteiger partial charge in [-0.05, 0) is 19.1 Å². The van der Waals surface area contributed by atoms with E-state index in [0.29, 0.717) is 5.69 Å². The van der Waals surface area contributed by atoms with Crippen molar-refractivity contribution < 1.29 is 14.7 Å². The number of aliphatic hydroxyl groups is 1. The number of aliphatic hydroxyl groups excluding tert-OH is 1. The van der Waals surface area contributed by atoms with Crippen molar-refractivity contribution in [2.45, 2.75) is 25.2 Å². The van der Waals surface area contributed by atoms with Crippen LogP contribution in [0.1, 0.15) is 24.2 Å². The van der Waals surface area contributed by atoms with E-state index in [9.17, 15) is 14.7 Å². The van der Waals surface area contributed by atoms with Crippen molar-refractivity contribution in [3.63, 3.8) is 0 Å². The van der Waals surface area contributed by atoms with Gasteiger partial charge in [0.25, 0.3) is 5.91 Å². The zero-order valence-corrected chi connectivity index (χ0v) is 11.7. The van der Waals surface area contributed by atoms with Crippen molar-refractivity contribution in [2.24, 2.45) is 5.73 Å². The number of thioether (sulfide) groups is 1. The van der Waals surface area contributed by atoms with Gasteiger partial charge in [-0.15, -0.1) is 11.8 Å². The van der Waals surface area contributed by atoms with Gasteiger partial charge < -0.3 is 16.2 Å². The molecule has 4 N–H and O–H groups in total. The fraction of sp³-hybridized carbons (Fsp3) is 0.385. The molecule has 0 saturated heterocycles. The molecule has 6 heteroatoms. The van der Waals surface area contributed by atoms with Crippen LogP contribution in [0.2, 0.25) is 0 Å². The highest BCUT2D eigenvalue weighted by molar-refractivity contribution is 8.00. The van der Waals surface area contributed by atoms with Crippen LogP contribution >= 0.6 is 11.8 Å². The molecule has 2 amide bonds. The van der Waals surface area contributed by atoms with Crippen molar-refractivity contribution in [1.29, 1.82) is 0 Å². The summed E-state index contributed by atoms with van der Waals surface area (Å²) in [5.74, 6) is -0.605. The minimum Gasteiger partial charge on any atom is -0.392 e. The molecule has 0 heterocycles. The van der Waals surface area contributed by atoms with Crippen LogP contribution in [-0.4, -0.2) is 34.0 Å². The van der Waals surface area contributed by atoms with Gasteiger partial charge in [0.15, 0.2) is 0 Å². The average molecular weight is 282 g/mol. The molecule has 0 aliphatic rings. The minimum absolute atomic E-state index is 0.0304. The van der Waals surface area contributed by atoms with Crippen molar-refractivity contribution in [1.82, 2.24) is 0 Å². The molecular weight excluding hydrogens is 264 g/mol. The number of primary amides is 1. The number of nitrogens with two attached hydrogens (primary N) is 1. The molecule has 0 aliphatic carbocycles. The third kappa shape index (κ3) is 4.92. The normalized spacial score (nSPS) is 13.6. The monoisotopic (exact) mass is 282 g/mol. The summed E-state index contributed by atoms with van der Waals surface area (Å²) in [5, 5.41) is 11.9. The Kier molecular flexibility index (Phi) is 5.85. The number of benzene rings is 1. The third-order valence-corrected chi connectivity index (χ3v) is 3.97. The molecule has 0 aromatic heterocycles. The zero-order chi connectivity index (χ0) is 14.4. The SMILES string of the molecule is CC(O)C(C)SCC(=O)Nc1ccccc1C(N)=O. The molecule has 1 rings (SSSR count). The number of carbonyl (C=O) groups excluding carboxylic acids is 2. The molecule has 0 radical (unpaired) electrons. The first kappa shape index (κ1) is 15.5. The smallest absolute Gasteiger partial charge is 0.250 e.